The molecule has 1 heterocycles. The molecular formula is C21H23IrN2O2-. The molecule has 0 spiro atoms. The number of nitrogens with zero attached hydrogens (tertiary/aromatic N) is 2. The third kappa shape index (κ3) is 7.54. The molecule has 2 N–H and O–H groups in total. The van der Waals surface area contributed by atoms with Gasteiger partial charge in [-0.25, -0.2) is 0 Å². The van der Waals surface area contributed by atoms with Gasteiger partial charge in [-0.15, -0.1) is 35.9 Å². The van der Waals surface area contributed by atoms with Gasteiger partial charge in [-0.1, -0.05) is 30.3 Å². The van der Waals surface area contributed by atoms with Crippen molar-refractivity contribution in [1.29, 1.82) is 0 Å². The Labute approximate surface area is 168 Å². The van der Waals surface area contributed by atoms with Gasteiger partial charge in [-0.3, -0.25) is 9.97 Å². The van der Waals surface area contributed by atoms with Crippen molar-refractivity contribution in [2.45, 2.75) is 32.5 Å². The Kier molecular flexibility index (Phi) is 9.92. The van der Waals surface area contributed by atoms with Crippen LogP contribution < -0.4 is 0 Å². The minimum Gasteiger partial charge on any atom is -0.393 e. The van der Waals surface area contributed by atoms with Crippen LogP contribution in [-0.2, 0) is 20.1 Å². The number of hydrogen-bond acceptors (Lipinski definition) is 4. The van der Waals surface area contributed by atoms with E-state index in [1.54, 1.807) is 13.8 Å². The fourth-order valence-electron chi connectivity index (χ4n) is 2.27. The van der Waals surface area contributed by atoms with E-state index >= 15 is 0 Å². The zero-order valence-electron chi connectivity index (χ0n) is 14.8. The summed E-state index contributed by atoms with van der Waals surface area (Å²) in [5.74, 6) is 0.704. The van der Waals surface area contributed by atoms with E-state index in [1.807, 2.05) is 67.0 Å². The molecule has 2 unspecified atom stereocenters. The normalized spacial score (nSPS) is 12.2. The first-order valence-electron chi connectivity index (χ1n) is 8.27. The standard InChI is InChI=1S/C16H11N2.C5H12O2.Ir/c1-3-7-13(8-4-1)15-11-17-16(18-12-15)14-9-5-2-6-10-14;1-4(6)3-5(2)7;/h1-9,11-12H;4-7H,3H2,1-2H3;/q-1;;. The second kappa shape index (κ2) is 11.7. The van der Waals surface area contributed by atoms with Gasteiger partial charge < -0.3 is 10.2 Å². The number of benzene rings is 2. The maximum atomic E-state index is 8.56. The van der Waals surface area contributed by atoms with E-state index in [1.165, 1.54) is 0 Å². The summed E-state index contributed by atoms with van der Waals surface area (Å²) in [6, 6.07) is 20.9. The van der Waals surface area contributed by atoms with Crippen molar-refractivity contribution in [3.63, 3.8) is 0 Å². The van der Waals surface area contributed by atoms with Crippen molar-refractivity contribution in [2.24, 2.45) is 0 Å². The molecule has 0 amide bonds. The molecule has 139 valence electrons. The van der Waals surface area contributed by atoms with Crippen LogP contribution in [0.3, 0.4) is 0 Å². The van der Waals surface area contributed by atoms with Gasteiger partial charge in [-0.05, 0) is 25.8 Å². The van der Waals surface area contributed by atoms with E-state index in [-0.39, 0.29) is 32.3 Å². The minimum absolute atomic E-state index is 0. The van der Waals surface area contributed by atoms with Crippen LogP contribution in [-0.4, -0.2) is 32.4 Å². The summed E-state index contributed by atoms with van der Waals surface area (Å²) >= 11 is 0. The van der Waals surface area contributed by atoms with Crippen molar-refractivity contribution in [2.75, 3.05) is 0 Å². The Hall–Kier alpha value is -1.91. The summed E-state index contributed by atoms with van der Waals surface area (Å²) in [5, 5.41) is 17.1. The molecule has 3 aromatic rings. The van der Waals surface area contributed by atoms with Crippen LogP contribution in [0.5, 0.6) is 0 Å². The van der Waals surface area contributed by atoms with Gasteiger partial charge >= 0.3 is 0 Å². The Morgan fingerprint density at radius 2 is 1.42 bits per heavy atom. The Morgan fingerprint density at radius 1 is 0.846 bits per heavy atom. The molecule has 0 aliphatic heterocycles. The van der Waals surface area contributed by atoms with Gasteiger partial charge in [0, 0.05) is 38.1 Å². The number of rotatable bonds is 4. The van der Waals surface area contributed by atoms with Crippen LogP contribution in [0.25, 0.3) is 22.5 Å². The van der Waals surface area contributed by atoms with Crippen LogP contribution in [0.15, 0.2) is 67.0 Å². The Morgan fingerprint density at radius 3 is 1.88 bits per heavy atom. The van der Waals surface area contributed by atoms with Gasteiger partial charge in [0.25, 0.3) is 0 Å². The van der Waals surface area contributed by atoms with Gasteiger partial charge in [-0.2, -0.15) is 0 Å². The summed E-state index contributed by atoms with van der Waals surface area (Å²) < 4.78 is 0. The van der Waals surface area contributed by atoms with E-state index in [9.17, 15) is 0 Å². The topological polar surface area (TPSA) is 66.2 Å². The molecule has 0 aliphatic rings. The predicted octanol–water partition coefficient (Wildman–Crippen LogP) is 3.75. The summed E-state index contributed by atoms with van der Waals surface area (Å²) in [4.78, 5) is 8.77. The number of hydrogen-bond donors (Lipinski definition) is 2. The summed E-state index contributed by atoms with van der Waals surface area (Å²) in [6.45, 7) is 3.32. The first-order valence-corrected chi connectivity index (χ1v) is 8.27. The van der Waals surface area contributed by atoms with Gasteiger partial charge in [0.05, 0.1) is 18.0 Å². The van der Waals surface area contributed by atoms with E-state index in [2.05, 4.69) is 16.0 Å². The van der Waals surface area contributed by atoms with Gasteiger partial charge in [0.2, 0.25) is 0 Å². The third-order valence-electron chi connectivity index (χ3n) is 3.39. The zero-order valence-corrected chi connectivity index (χ0v) is 17.2. The number of aliphatic hydroxyl groups excluding tert-OH is 2. The number of aromatic nitrogens is 2. The molecule has 5 heteroatoms. The Bertz CT molecular complexity index is 668. The number of aliphatic hydroxyl groups is 2. The largest absolute Gasteiger partial charge is 0.393 e. The van der Waals surface area contributed by atoms with Crippen molar-refractivity contribution in [3.05, 3.63) is 73.1 Å². The third-order valence-corrected chi connectivity index (χ3v) is 3.39. The molecule has 0 saturated carbocycles. The van der Waals surface area contributed by atoms with E-state index in [4.69, 9.17) is 10.2 Å². The Balaban J connectivity index is 0.000000366. The maximum absolute atomic E-state index is 8.56. The minimum atomic E-state index is -0.375. The molecule has 1 radical (unpaired) electrons. The second-order valence-corrected chi connectivity index (χ2v) is 5.87. The average Bonchev–Trinajstić information content (AvgIpc) is 2.63. The molecule has 26 heavy (non-hydrogen) atoms. The molecule has 2 aromatic carbocycles. The first kappa shape index (κ1) is 22.1. The van der Waals surface area contributed by atoms with E-state index in [0.29, 0.717) is 12.2 Å². The second-order valence-electron chi connectivity index (χ2n) is 5.87. The molecule has 0 aliphatic carbocycles. The molecule has 0 bridgehead atoms. The zero-order chi connectivity index (χ0) is 18.1. The van der Waals surface area contributed by atoms with Crippen molar-refractivity contribution >= 4 is 0 Å². The van der Waals surface area contributed by atoms with Gasteiger partial charge in [0.1, 0.15) is 0 Å². The first-order chi connectivity index (χ1) is 12.1. The van der Waals surface area contributed by atoms with Crippen LogP contribution in [0.1, 0.15) is 20.3 Å². The fourth-order valence-corrected chi connectivity index (χ4v) is 2.27. The van der Waals surface area contributed by atoms with E-state index in [0.717, 1.165) is 16.7 Å². The quantitative estimate of drug-likeness (QED) is 0.508. The van der Waals surface area contributed by atoms with Crippen molar-refractivity contribution in [1.82, 2.24) is 9.97 Å². The predicted molar refractivity (Wildman–Crippen MR) is 99.7 cm³/mol. The van der Waals surface area contributed by atoms with E-state index < -0.39 is 0 Å². The van der Waals surface area contributed by atoms with Crippen LogP contribution in [0.2, 0.25) is 0 Å². The SMILES string of the molecule is CC(O)CC(C)O.[Ir].[c-]1ccccc1-c1ncc(-c2ccccc2)cn1. The molecular weight excluding hydrogens is 504 g/mol. The molecule has 4 nitrogen and oxygen atoms in total. The molecule has 2 atom stereocenters. The van der Waals surface area contributed by atoms with Crippen LogP contribution >= 0.6 is 0 Å². The molecule has 3 rings (SSSR count). The summed E-state index contributed by atoms with van der Waals surface area (Å²) in [7, 11) is 0. The monoisotopic (exact) mass is 528 g/mol. The van der Waals surface area contributed by atoms with Gasteiger partial charge in [0.15, 0.2) is 0 Å². The van der Waals surface area contributed by atoms with Crippen LogP contribution in [0, 0.1) is 6.07 Å². The molecule has 0 saturated heterocycles. The fraction of sp³-hybridized carbons (Fsp3) is 0.238. The van der Waals surface area contributed by atoms with Crippen molar-refractivity contribution in [3.8, 4) is 22.5 Å². The molecule has 0 fully saturated rings. The average molecular weight is 528 g/mol. The van der Waals surface area contributed by atoms with Crippen molar-refractivity contribution < 1.29 is 30.3 Å². The summed E-state index contributed by atoms with van der Waals surface area (Å²) in [5.41, 5.74) is 3.06. The smallest absolute Gasteiger partial charge is 0.0748 e. The summed E-state index contributed by atoms with van der Waals surface area (Å²) in [6.07, 6.45) is 3.41. The van der Waals surface area contributed by atoms with Crippen LogP contribution in [0.4, 0.5) is 0 Å². The molecule has 1 aromatic heterocycles. The maximum Gasteiger partial charge on any atom is 0.0748 e.